The molecule has 0 aliphatic carbocycles. The average molecular weight is 296 g/mol. The van der Waals surface area contributed by atoms with Gasteiger partial charge in [-0.05, 0) is 48.6 Å². The largest absolute Gasteiger partial charge is 0.457 e. The Labute approximate surface area is 126 Å². The van der Waals surface area contributed by atoms with E-state index in [-0.39, 0.29) is 0 Å². The molecule has 1 aromatic heterocycles. The van der Waals surface area contributed by atoms with Crippen molar-refractivity contribution < 1.29 is 4.74 Å². The third-order valence-corrected chi connectivity index (χ3v) is 2.86. The molecule has 104 valence electrons. The van der Waals surface area contributed by atoms with Gasteiger partial charge in [-0.15, -0.1) is 0 Å². The summed E-state index contributed by atoms with van der Waals surface area (Å²) in [5.41, 5.74) is 0.880. The summed E-state index contributed by atoms with van der Waals surface area (Å²) in [5.74, 6) is 2.16. The van der Waals surface area contributed by atoms with E-state index in [9.17, 15) is 0 Å². The Bertz CT molecular complexity index is 771. The van der Waals surface area contributed by atoms with Crippen molar-refractivity contribution in [3.05, 3.63) is 65.6 Å². The van der Waals surface area contributed by atoms with Crippen molar-refractivity contribution in [3.8, 4) is 11.5 Å². The quantitative estimate of drug-likeness (QED) is 0.711. The number of H-pyrrole nitrogens is 1. The summed E-state index contributed by atoms with van der Waals surface area (Å²) in [5, 5.41) is 9.58. The van der Waals surface area contributed by atoms with Crippen molar-refractivity contribution in [2.45, 2.75) is 0 Å². The highest BCUT2D eigenvalue weighted by Crippen LogP contribution is 2.23. The molecule has 1 heterocycles. The molecule has 0 saturated carbocycles. The van der Waals surface area contributed by atoms with Crippen LogP contribution in [0.25, 0.3) is 0 Å². The van der Waals surface area contributed by atoms with Gasteiger partial charge >= 0.3 is 0 Å². The summed E-state index contributed by atoms with van der Waals surface area (Å²) >= 11 is 4.92. The van der Waals surface area contributed by atoms with Crippen LogP contribution in [0.3, 0.4) is 0 Å². The highest BCUT2D eigenvalue weighted by molar-refractivity contribution is 7.71. The van der Waals surface area contributed by atoms with Gasteiger partial charge in [0.2, 0.25) is 4.77 Å². The Hall–Kier alpha value is -2.73. The van der Waals surface area contributed by atoms with E-state index in [2.05, 4.69) is 20.5 Å². The van der Waals surface area contributed by atoms with Crippen LogP contribution >= 0.6 is 12.2 Å². The number of hydrogen-bond acceptors (Lipinski definition) is 5. The van der Waals surface area contributed by atoms with Crippen LogP contribution in [0.4, 0.5) is 11.5 Å². The maximum absolute atomic E-state index is 5.73. The number of para-hydroxylation sites is 1. The molecule has 0 saturated heterocycles. The third-order valence-electron chi connectivity index (χ3n) is 2.67. The van der Waals surface area contributed by atoms with Crippen LogP contribution in [0, 0.1) is 4.77 Å². The van der Waals surface area contributed by atoms with Gasteiger partial charge in [0.1, 0.15) is 11.5 Å². The van der Waals surface area contributed by atoms with Crippen molar-refractivity contribution in [2.24, 2.45) is 0 Å². The van der Waals surface area contributed by atoms with Gasteiger partial charge in [0.25, 0.3) is 0 Å². The summed E-state index contributed by atoms with van der Waals surface area (Å²) in [4.78, 5) is 4.11. The number of aromatic amines is 1. The lowest BCUT2D eigenvalue weighted by atomic mass is 10.3. The minimum atomic E-state index is 0.337. The molecule has 3 rings (SSSR count). The minimum absolute atomic E-state index is 0.337. The van der Waals surface area contributed by atoms with Crippen LogP contribution < -0.4 is 10.1 Å². The lowest BCUT2D eigenvalue weighted by molar-refractivity contribution is 0.483. The first-order chi connectivity index (χ1) is 10.3. The lowest BCUT2D eigenvalue weighted by Gasteiger charge is -2.07. The third kappa shape index (κ3) is 3.64. The zero-order valence-corrected chi connectivity index (χ0v) is 11.8. The van der Waals surface area contributed by atoms with Crippen LogP contribution in [0.15, 0.2) is 60.8 Å². The van der Waals surface area contributed by atoms with E-state index < -0.39 is 0 Å². The van der Waals surface area contributed by atoms with Gasteiger partial charge < -0.3 is 10.1 Å². The van der Waals surface area contributed by atoms with E-state index in [0.29, 0.717) is 10.6 Å². The first kappa shape index (κ1) is 13.3. The van der Waals surface area contributed by atoms with Gasteiger partial charge in [-0.3, -0.25) is 5.10 Å². The monoisotopic (exact) mass is 296 g/mol. The molecule has 3 aromatic rings. The van der Waals surface area contributed by atoms with Crippen LogP contribution in [0.5, 0.6) is 11.5 Å². The second kappa shape index (κ2) is 6.15. The Balaban J connectivity index is 1.71. The summed E-state index contributed by atoms with van der Waals surface area (Å²) in [7, 11) is 0. The van der Waals surface area contributed by atoms with Crippen molar-refractivity contribution in [1.29, 1.82) is 0 Å². The topological polar surface area (TPSA) is 62.8 Å². The number of rotatable bonds is 4. The number of benzene rings is 2. The minimum Gasteiger partial charge on any atom is -0.457 e. The number of hydrogen-bond donors (Lipinski definition) is 2. The predicted molar refractivity (Wildman–Crippen MR) is 83.5 cm³/mol. The van der Waals surface area contributed by atoms with Crippen molar-refractivity contribution >= 4 is 23.7 Å². The number of nitrogens with zero attached hydrogens (tertiary/aromatic N) is 2. The number of anilines is 2. The summed E-state index contributed by atoms with van der Waals surface area (Å²) in [6.45, 7) is 0. The molecule has 0 spiro atoms. The van der Waals surface area contributed by atoms with Gasteiger partial charge in [-0.2, -0.15) is 10.1 Å². The molecule has 0 fully saturated rings. The molecule has 0 amide bonds. The maximum atomic E-state index is 5.73. The van der Waals surface area contributed by atoms with E-state index >= 15 is 0 Å². The molecular weight excluding hydrogens is 284 g/mol. The van der Waals surface area contributed by atoms with Crippen molar-refractivity contribution in [1.82, 2.24) is 15.2 Å². The predicted octanol–water partition coefficient (Wildman–Crippen LogP) is 4.07. The normalized spacial score (nSPS) is 10.1. The fraction of sp³-hybridized carbons (Fsp3) is 0. The Kier molecular flexibility index (Phi) is 3.88. The molecule has 2 aromatic carbocycles. The second-order valence-electron chi connectivity index (χ2n) is 4.24. The smallest absolute Gasteiger partial charge is 0.215 e. The number of aromatic nitrogens is 3. The maximum Gasteiger partial charge on any atom is 0.215 e. The Morgan fingerprint density at radius 3 is 2.38 bits per heavy atom. The molecule has 0 atom stereocenters. The summed E-state index contributed by atoms with van der Waals surface area (Å²) < 4.78 is 6.06. The van der Waals surface area contributed by atoms with Gasteiger partial charge in [0.05, 0.1) is 6.20 Å². The van der Waals surface area contributed by atoms with Crippen LogP contribution in [0.1, 0.15) is 0 Å². The number of nitrogens with one attached hydrogen (secondary N) is 2. The first-order valence-corrected chi connectivity index (χ1v) is 6.72. The van der Waals surface area contributed by atoms with Gasteiger partial charge in [0.15, 0.2) is 5.82 Å². The van der Waals surface area contributed by atoms with Crippen LogP contribution in [-0.2, 0) is 0 Å². The van der Waals surface area contributed by atoms with E-state index in [1.165, 1.54) is 0 Å². The van der Waals surface area contributed by atoms with E-state index in [1.54, 1.807) is 6.20 Å². The van der Waals surface area contributed by atoms with Crippen LogP contribution in [-0.4, -0.2) is 15.2 Å². The highest BCUT2D eigenvalue weighted by atomic mass is 32.1. The zero-order valence-electron chi connectivity index (χ0n) is 11.0. The Morgan fingerprint density at radius 2 is 1.67 bits per heavy atom. The molecule has 0 bridgehead atoms. The Morgan fingerprint density at radius 1 is 0.952 bits per heavy atom. The summed E-state index contributed by atoms with van der Waals surface area (Å²) in [6.07, 6.45) is 1.57. The molecule has 0 aliphatic heterocycles. The fourth-order valence-electron chi connectivity index (χ4n) is 1.75. The molecule has 21 heavy (non-hydrogen) atoms. The van der Waals surface area contributed by atoms with E-state index in [1.807, 2.05) is 54.6 Å². The van der Waals surface area contributed by atoms with Gasteiger partial charge in [0, 0.05) is 5.69 Å². The number of ether oxygens (including phenoxy) is 1. The molecule has 5 nitrogen and oxygen atoms in total. The SMILES string of the molecule is S=c1nc(Nc2ccc(Oc3ccccc3)cc2)cn[nH]1. The fourth-order valence-corrected chi connectivity index (χ4v) is 1.90. The second-order valence-corrected chi connectivity index (χ2v) is 4.62. The average Bonchev–Trinajstić information content (AvgIpc) is 2.50. The van der Waals surface area contributed by atoms with Gasteiger partial charge in [-0.1, -0.05) is 18.2 Å². The molecule has 0 radical (unpaired) electrons. The standard InChI is InChI=1S/C15H12N4OS/c21-15-18-14(10-16-19-15)17-11-6-8-13(9-7-11)20-12-4-2-1-3-5-12/h1-10H,(H2,17,18,19,21). The van der Waals surface area contributed by atoms with Crippen LogP contribution in [0.2, 0.25) is 0 Å². The van der Waals surface area contributed by atoms with E-state index in [0.717, 1.165) is 17.2 Å². The van der Waals surface area contributed by atoms with Gasteiger partial charge in [-0.25, -0.2) is 0 Å². The zero-order chi connectivity index (χ0) is 14.5. The molecule has 0 unspecified atom stereocenters. The van der Waals surface area contributed by atoms with Crippen molar-refractivity contribution in [3.63, 3.8) is 0 Å². The van der Waals surface area contributed by atoms with E-state index in [4.69, 9.17) is 17.0 Å². The first-order valence-electron chi connectivity index (χ1n) is 6.31. The molecule has 2 N–H and O–H groups in total. The van der Waals surface area contributed by atoms with Crippen molar-refractivity contribution in [2.75, 3.05) is 5.32 Å². The lowest BCUT2D eigenvalue weighted by Crippen LogP contribution is -1.96. The summed E-state index contributed by atoms with van der Waals surface area (Å²) in [6, 6.07) is 17.2. The molecular formula is C15H12N4OS. The molecule has 6 heteroatoms. The highest BCUT2D eigenvalue weighted by Gasteiger charge is 1.99. The molecule has 0 aliphatic rings.